The van der Waals surface area contributed by atoms with Gasteiger partial charge in [-0.2, -0.15) is 4.98 Å². The Hall–Kier alpha value is -2.77. The van der Waals surface area contributed by atoms with Crippen molar-refractivity contribution in [2.45, 2.75) is 37.7 Å². The Bertz CT molecular complexity index is 1140. The second-order valence-electron chi connectivity index (χ2n) is 7.28. The number of nitrogens with one attached hydrogen (secondary N) is 1. The van der Waals surface area contributed by atoms with Crippen molar-refractivity contribution >= 4 is 35.3 Å². The molecule has 1 N–H and O–H groups in total. The van der Waals surface area contributed by atoms with Crippen LogP contribution in [0.4, 0.5) is 5.95 Å². The standard InChI is InChI=1S/C23H23ClN4O2S/c1-4-30-21(29)19-15(3)25-22-26-23(31-13-16-6-5-7-18(24)12-16)27-28(22)20(19)17-10-8-14(2)9-11-17/h5-12,20H,4,13H2,1-3H3,(H,25,26,27)/t20-/m1/s1. The number of ether oxygens (including phenoxy) is 1. The molecule has 0 radical (unpaired) electrons. The number of nitrogens with zero attached hydrogens (tertiary/aromatic N) is 3. The van der Waals surface area contributed by atoms with E-state index < -0.39 is 6.04 Å². The van der Waals surface area contributed by atoms with Crippen molar-refractivity contribution in [1.82, 2.24) is 14.8 Å². The number of halogens is 1. The van der Waals surface area contributed by atoms with E-state index >= 15 is 0 Å². The fraction of sp³-hybridized carbons (Fsp3) is 0.261. The Balaban J connectivity index is 1.68. The van der Waals surface area contributed by atoms with Gasteiger partial charge < -0.3 is 10.1 Å². The van der Waals surface area contributed by atoms with E-state index in [1.165, 1.54) is 11.8 Å². The molecule has 160 valence electrons. The lowest BCUT2D eigenvalue weighted by Gasteiger charge is -2.28. The first-order chi connectivity index (χ1) is 15.0. The van der Waals surface area contributed by atoms with Crippen LogP contribution < -0.4 is 5.32 Å². The zero-order valence-corrected chi connectivity index (χ0v) is 19.1. The summed E-state index contributed by atoms with van der Waals surface area (Å²) in [5.74, 6) is 0.938. The number of carbonyl (C=O) groups is 1. The number of aryl methyl sites for hydroxylation is 1. The summed E-state index contributed by atoms with van der Waals surface area (Å²) in [5, 5.41) is 9.28. The average Bonchev–Trinajstić information content (AvgIpc) is 3.14. The SMILES string of the molecule is CCOC(=O)C1=C(C)Nc2nc(SCc3cccc(Cl)c3)nn2[C@@H]1c1ccc(C)cc1. The predicted octanol–water partition coefficient (Wildman–Crippen LogP) is 5.38. The average molecular weight is 455 g/mol. The molecule has 4 rings (SSSR count). The molecule has 0 fully saturated rings. The van der Waals surface area contributed by atoms with Crippen molar-refractivity contribution < 1.29 is 9.53 Å². The first-order valence-electron chi connectivity index (χ1n) is 10.0. The smallest absolute Gasteiger partial charge is 0.338 e. The van der Waals surface area contributed by atoms with E-state index in [2.05, 4.69) is 10.3 Å². The maximum Gasteiger partial charge on any atom is 0.338 e. The van der Waals surface area contributed by atoms with Gasteiger partial charge in [-0.3, -0.25) is 0 Å². The molecule has 0 saturated heterocycles. The largest absolute Gasteiger partial charge is 0.463 e. The van der Waals surface area contributed by atoms with Gasteiger partial charge in [-0.25, -0.2) is 9.48 Å². The molecule has 2 aromatic carbocycles. The van der Waals surface area contributed by atoms with Gasteiger partial charge in [0.1, 0.15) is 6.04 Å². The molecule has 6 nitrogen and oxygen atoms in total. The number of allylic oxidation sites excluding steroid dienone is 1. The van der Waals surface area contributed by atoms with Gasteiger partial charge in [0.2, 0.25) is 11.1 Å². The minimum Gasteiger partial charge on any atom is -0.463 e. The fourth-order valence-corrected chi connectivity index (χ4v) is 4.48. The van der Waals surface area contributed by atoms with E-state index in [1.54, 1.807) is 11.6 Å². The van der Waals surface area contributed by atoms with E-state index in [1.807, 2.05) is 62.4 Å². The summed E-state index contributed by atoms with van der Waals surface area (Å²) in [6.45, 7) is 6.01. The number of hydrogen-bond acceptors (Lipinski definition) is 6. The van der Waals surface area contributed by atoms with Crippen molar-refractivity contribution in [3.8, 4) is 0 Å². The molecule has 0 amide bonds. The van der Waals surface area contributed by atoms with Gasteiger partial charge in [0.25, 0.3) is 0 Å². The predicted molar refractivity (Wildman–Crippen MR) is 123 cm³/mol. The van der Waals surface area contributed by atoms with Gasteiger partial charge in [-0.1, -0.05) is 65.3 Å². The van der Waals surface area contributed by atoms with Crippen LogP contribution in [0.15, 0.2) is 65.0 Å². The lowest BCUT2D eigenvalue weighted by atomic mass is 9.95. The van der Waals surface area contributed by atoms with Crippen LogP contribution >= 0.6 is 23.4 Å². The summed E-state index contributed by atoms with van der Waals surface area (Å²) >= 11 is 7.61. The highest BCUT2D eigenvalue weighted by molar-refractivity contribution is 7.98. The zero-order valence-electron chi connectivity index (χ0n) is 17.6. The zero-order chi connectivity index (χ0) is 22.0. The Morgan fingerprint density at radius 1 is 1.23 bits per heavy atom. The first-order valence-corrected chi connectivity index (χ1v) is 11.4. The summed E-state index contributed by atoms with van der Waals surface area (Å²) in [7, 11) is 0. The Labute approximate surface area is 190 Å². The number of hydrogen-bond donors (Lipinski definition) is 1. The van der Waals surface area contributed by atoms with Crippen LogP contribution in [0.1, 0.15) is 36.6 Å². The third kappa shape index (κ3) is 4.62. The van der Waals surface area contributed by atoms with Crippen LogP contribution in [0.3, 0.4) is 0 Å². The molecule has 0 spiro atoms. The summed E-state index contributed by atoms with van der Waals surface area (Å²) in [6.07, 6.45) is 0. The lowest BCUT2D eigenvalue weighted by molar-refractivity contribution is -0.139. The first kappa shape index (κ1) is 21.5. The number of esters is 1. The molecule has 2 heterocycles. The second kappa shape index (κ2) is 9.16. The number of aromatic nitrogens is 3. The quantitative estimate of drug-likeness (QED) is 0.398. The van der Waals surface area contributed by atoms with Crippen LogP contribution in [0.5, 0.6) is 0 Å². The lowest BCUT2D eigenvalue weighted by Crippen LogP contribution is -2.29. The molecular formula is C23H23ClN4O2S. The van der Waals surface area contributed by atoms with Gasteiger partial charge in [-0.15, -0.1) is 5.10 Å². The van der Waals surface area contributed by atoms with E-state index in [9.17, 15) is 4.79 Å². The van der Waals surface area contributed by atoms with Gasteiger partial charge in [0, 0.05) is 16.5 Å². The highest BCUT2D eigenvalue weighted by Gasteiger charge is 2.35. The number of rotatable bonds is 6. The maximum absolute atomic E-state index is 12.8. The minimum absolute atomic E-state index is 0.307. The fourth-order valence-electron chi connectivity index (χ4n) is 3.50. The molecule has 0 unspecified atom stereocenters. The summed E-state index contributed by atoms with van der Waals surface area (Å²) in [5.41, 5.74) is 4.44. The third-order valence-corrected chi connectivity index (χ3v) is 6.12. The van der Waals surface area contributed by atoms with E-state index in [0.717, 1.165) is 22.4 Å². The van der Waals surface area contributed by atoms with E-state index in [4.69, 9.17) is 21.4 Å². The molecule has 0 aliphatic carbocycles. The summed E-state index contributed by atoms with van der Waals surface area (Å²) in [6, 6.07) is 15.4. The molecule has 1 aromatic heterocycles. The normalized spacial score (nSPS) is 15.4. The highest BCUT2D eigenvalue weighted by Crippen LogP contribution is 2.37. The summed E-state index contributed by atoms with van der Waals surface area (Å²) < 4.78 is 7.12. The van der Waals surface area contributed by atoms with Crippen LogP contribution in [0, 0.1) is 6.92 Å². The molecule has 8 heteroatoms. The van der Waals surface area contributed by atoms with Crippen molar-refractivity contribution in [3.05, 3.63) is 81.5 Å². The van der Waals surface area contributed by atoms with Crippen LogP contribution in [0.2, 0.25) is 5.02 Å². The maximum atomic E-state index is 12.8. The monoisotopic (exact) mass is 454 g/mol. The Morgan fingerprint density at radius 2 is 2.00 bits per heavy atom. The third-order valence-electron chi connectivity index (χ3n) is 4.98. The summed E-state index contributed by atoms with van der Waals surface area (Å²) in [4.78, 5) is 17.5. The number of anilines is 1. The van der Waals surface area contributed by atoms with Crippen molar-refractivity contribution in [3.63, 3.8) is 0 Å². The molecule has 1 aliphatic rings. The Morgan fingerprint density at radius 3 is 2.71 bits per heavy atom. The van der Waals surface area contributed by atoms with Crippen molar-refractivity contribution in [2.24, 2.45) is 0 Å². The van der Waals surface area contributed by atoms with Gasteiger partial charge in [0.05, 0.1) is 12.2 Å². The number of fused-ring (bicyclic) bond motifs is 1. The molecule has 0 bridgehead atoms. The van der Waals surface area contributed by atoms with Crippen LogP contribution in [0.25, 0.3) is 0 Å². The van der Waals surface area contributed by atoms with E-state index in [0.29, 0.717) is 34.1 Å². The second-order valence-corrected chi connectivity index (χ2v) is 8.66. The minimum atomic E-state index is -0.413. The number of carbonyl (C=O) groups excluding carboxylic acids is 1. The highest BCUT2D eigenvalue weighted by atomic mass is 35.5. The Kier molecular flexibility index (Phi) is 6.34. The number of thioether (sulfide) groups is 1. The molecule has 1 atom stereocenters. The van der Waals surface area contributed by atoms with Crippen molar-refractivity contribution in [1.29, 1.82) is 0 Å². The molecular weight excluding hydrogens is 432 g/mol. The van der Waals surface area contributed by atoms with Gasteiger partial charge >= 0.3 is 5.97 Å². The molecule has 1 aliphatic heterocycles. The van der Waals surface area contributed by atoms with E-state index in [-0.39, 0.29) is 5.97 Å². The number of benzene rings is 2. The topological polar surface area (TPSA) is 69.0 Å². The van der Waals surface area contributed by atoms with Gasteiger partial charge in [-0.05, 0) is 44.0 Å². The molecule has 31 heavy (non-hydrogen) atoms. The molecule has 0 saturated carbocycles. The molecule has 3 aromatic rings. The van der Waals surface area contributed by atoms with Crippen LogP contribution in [-0.2, 0) is 15.3 Å². The van der Waals surface area contributed by atoms with Gasteiger partial charge in [0.15, 0.2) is 0 Å². The van der Waals surface area contributed by atoms with Crippen LogP contribution in [-0.4, -0.2) is 27.3 Å². The van der Waals surface area contributed by atoms with Crippen molar-refractivity contribution in [2.75, 3.05) is 11.9 Å².